The van der Waals surface area contributed by atoms with Gasteiger partial charge in [0.1, 0.15) is 0 Å². The van der Waals surface area contributed by atoms with Crippen LogP contribution in [0.1, 0.15) is 53.1 Å². The number of rotatable bonds is 3. The van der Waals surface area contributed by atoms with Crippen LogP contribution in [0.15, 0.2) is 18.2 Å². The minimum Gasteiger partial charge on any atom is -0.353 e. The summed E-state index contributed by atoms with van der Waals surface area (Å²) in [4.78, 5) is 23.8. The van der Waals surface area contributed by atoms with Gasteiger partial charge >= 0.3 is 0 Å². The lowest BCUT2D eigenvalue weighted by Gasteiger charge is -2.13. The van der Waals surface area contributed by atoms with E-state index in [2.05, 4.69) is 5.32 Å². The summed E-state index contributed by atoms with van der Waals surface area (Å²) in [5.41, 5.74) is 3.04. The van der Waals surface area contributed by atoms with Crippen LogP contribution in [0, 0.1) is 6.92 Å². The van der Waals surface area contributed by atoms with Crippen molar-refractivity contribution >= 4 is 11.7 Å². The topological polar surface area (TPSA) is 46.2 Å². The molecule has 1 aromatic carbocycles. The molecule has 0 bridgehead atoms. The van der Waals surface area contributed by atoms with E-state index in [9.17, 15) is 9.59 Å². The highest BCUT2D eigenvalue weighted by Crippen LogP contribution is 2.37. The molecule has 3 nitrogen and oxygen atoms in total. The van der Waals surface area contributed by atoms with Crippen molar-refractivity contribution < 1.29 is 9.59 Å². The van der Waals surface area contributed by atoms with Gasteiger partial charge in [0.15, 0.2) is 5.78 Å². The second-order valence-corrected chi connectivity index (χ2v) is 5.41. The van der Waals surface area contributed by atoms with E-state index in [1.807, 2.05) is 25.1 Å². The highest BCUT2D eigenvalue weighted by molar-refractivity contribution is 6.02. The smallest absolute Gasteiger partial charge is 0.220 e. The first-order valence-corrected chi connectivity index (χ1v) is 6.57. The van der Waals surface area contributed by atoms with E-state index < -0.39 is 0 Å². The minimum absolute atomic E-state index is 0.0763. The summed E-state index contributed by atoms with van der Waals surface area (Å²) < 4.78 is 0. The van der Waals surface area contributed by atoms with Gasteiger partial charge in [-0.15, -0.1) is 0 Å². The second-order valence-electron chi connectivity index (χ2n) is 5.41. The van der Waals surface area contributed by atoms with Crippen molar-refractivity contribution in [3.05, 3.63) is 34.9 Å². The monoisotopic (exact) mass is 243 g/mol. The van der Waals surface area contributed by atoms with Crippen molar-refractivity contribution in [1.29, 1.82) is 0 Å². The molecular formula is C15H17NO2. The molecule has 1 N–H and O–H groups in total. The van der Waals surface area contributed by atoms with Gasteiger partial charge in [-0.1, -0.05) is 18.2 Å². The van der Waals surface area contributed by atoms with E-state index in [1.54, 1.807) is 0 Å². The number of nitrogens with one attached hydrogen (secondary N) is 1. The van der Waals surface area contributed by atoms with Crippen LogP contribution in [0.5, 0.6) is 0 Å². The van der Waals surface area contributed by atoms with Crippen molar-refractivity contribution in [2.75, 3.05) is 0 Å². The van der Waals surface area contributed by atoms with Crippen molar-refractivity contribution in [3.63, 3.8) is 0 Å². The van der Waals surface area contributed by atoms with E-state index in [0.717, 1.165) is 29.5 Å². The van der Waals surface area contributed by atoms with Crippen LogP contribution in [0.4, 0.5) is 0 Å². The Morgan fingerprint density at radius 3 is 2.89 bits per heavy atom. The van der Waals surface area contributed by atoms with Crippen molar-refractivity contribution in [2.24, 2.45) is 0 Å². The lowest BCUT2D eigenvalue weighted by Crippen LogP contribution is -2.26. The number of carbonyl (C=O) groups excluding carboxylic acids is 2. The van der Waals surface area contributed by atoms with Gasteiger partial charge < -0.3 is 5.32 Å². The fourth-order valence-electron chi connectivity index (χ4n) is 2.81. The third-order valence-corrected chi connectivity index (χ3v) is 3.84. The average molecular weight is 243 g/mol. The van der Waals surface area contributed by atoms with Gasteiger partial charge in [0.25, 0.3) is 0 Å². The standard InChI is InChI=1S/C15H17NO2/c1-9-3-2-4-12-13(17)7-10(15(9)12)8-14(18)16-11-5-6-11/h2-4,10-11H,5-8H2,1H3,(H,16,18). The number of aryl methyl sites for hydroxylation is 1. The third kappa shape index (κ3) is 2.05. The first-order chi connectivity index (χ1) is 8.65. The normalized spacial score (nSPS) is 21.8. The number of ketones is 1. The van der Waals surface area contributed by atoms with E-state index in [1.165, 1.54) is 0 Å². The van der Waals surface area contributed by atoms with Crippen LogP contribution in [0.2, 0.25) is 0 Å². The number of hydrogen-bond acceptors (Lipinski definition) is 2. The highest BCUT2D eigenvalue weighted by atomic mass is 16.1. The summed E-state index contributed by atoms with van der Waals surface area (Å²) in [6.45, 7) is 2.02. The molecule has 94 valence electrons. The first kappa shape index (κ1) is 11.5. The number of benzene rings is 1. The molecule has 0 spiro atoms. The summed E-state index contributed by atoms with van der Waals surface area (Å²) in [5.74, 6) is 0.344. The molecule has 1 unspecified atom stereocenters. The maximum Gasteiger partial charge on any atom is 0.220 e. The number of Topliss-reactive ketones (excluding diaryl/α,β-unsaturated/α-hetero) is 1. The Labute approximate surface area is 107 Å². The summed E-state index contributed by atoms with van der Waals surface area (Å²) >= 11 is 0. The Kier molecular flexibility index (Phi) is 2.69. The molecule has 2 aliphatic rings. The SMILES string of the molecule is Cc1cccc2c1C(CC(=O)NC1CC1)CC2=O. The number of hydrogen-bond donors (Lipinski definition) is 1. The van der Waals surface area contributed by atoms with Crippen LogP contribution in [0.25, 0.3) is 0 Å². The fourth-order valence-corrected chi connectivity index (χ4v) is 2.81. The van der Waals surface area contributed by atoms with Gasteiger partial charge in [-0.05, 0) is 30.9 Å². The Hall–Kier alpha value is -1.64. The molecule has 0 aliphatic heterocycles. The Morgan fingerprint density at radius 2 is 2.17 bits per heavy atom. The zero-order valence-corrected chi connectivity index (χ0v) is 10.5. The van der Waals surface area contributed by atoms with Crippen LogP contribution in [0.3, 0.4) is 0 Å². The molecule has 2 aliphatic carbocycles. The summed E-state index contributed by atoms with van der Waals surface area (Å²) in [6.07, 6.45) is 3.13. The van der Waals surface area contributed by atoms with Crippen molar-refractivity contribution in [1.82, 2.24) is 5.32 Å². The predicted octanol–water partition coefficient (Wildman–Crippen LogP) is 2.33. The van der Waals surface area contributed by atoms with Crippen LogP contribution in [-0.4, -0.2) is 17.7 Å². The Morgan fingerprint density at radius 1 is 1.39 bits per heavy atom. The van der Waals surface area contributed by atoms with Gasteiger partial charge in [-0.25, -0.2) is 0 Å². The zero-order chi connectivity index (χ0) is 12.7. The average Bonchev–Trinajstić information content (AvgIpc) is 3.05. The first-order valence-electron chi connectivity index (χ1n) is 6.57. The third-order valence-electron chi connectivity index (χ3n) is 3.84. The van der Waals surface area contributed by atoms with E-state index >= 15 is 0 Å². The van der Waals surface area contributed by atoms with Gasteiger partial charge in [0, 0.05) is 30.4 Å². The number of amides is 1. The summed E-state index contributed by atoms with van der Waals surface area (Å²) in [6, 6.07) is 6.21. The fraction of sp³-hybridized carbons (Fsp3) is 0.467. The molecule has 3 rings (SSSR count). The summed E-state index contributed by atoms with van der Waals surface area (Å²) in [5, 5.41) is 3.00. The molecule has 18 heavy (non-hydrogen) atoms. The molecule has 0 aromatic heterocycles. The molecule has 0 saturated heterocycles. The molecule has 0 radical (unpaired) electrons. The lowest BCUT2D eigenvalue weighted by atomic mass is 9.93. The number of fused-ring (bicyclic) bond motifs is 1. The zero-order valence-electron chi connectivity index (χ0n) is 10.5. The van der Waals surface area contributed by atoms with Gasteiger partial charge in [-0.3, -0.25) is 9.59 Å². The molecule has 3 heteroatoms. The van der Waals surface area contributed by atoms with Crippen LogP contribution in [-0.2, 0) is 4.79 Å². The minimum atomic E-state index is 0.0763. The molecule has 1 saturated carbocycles. The molecule has 1 atom stereocenters. The molecule has 0 heterocycles. The maximum atomic E-state index is 11.9. The molecule has 1 fully saturated rings. The largest absolute Gasteiger partial charge is 0.353 e. The van der Waals surface area contributed by atoms with E-state index in [4.69, 9.17) is 0 Å². The van der Waals surface area contributed by atoms with Gasteiger partial charge in [0.2, 0.25) is 5.91 Å². The Balaban J connectivity index is 1.79. The van der Waals surface area contributed by atoms with Gasteiger partial charge in [-0.2, -0.15) is 0 Å². The molecule has 1 aromatic rings. The van der Waals surface area contributed by atoms with Gasteiger partial charge in [0.05, 0.1) is 0 Å². The highest BCUT2D eigenvalue weighted by Gasteiger charge is 2.33. The predicted molar refractivity (Wildman–Crippen MR) is 68.6 cm³/mol. The van der Waals surface area contributed by atoms with Crippen molar-refractivity contribution in [3.8, 4) is 0 Å². The molecule has 1 amide bonds. The Bertz CT molecular complexity index is 517. The second kappa shape index (κ2) is 4.23. The van der Waals surface area contributed by atoms with Crippen LogP contribution >= 0.6 is 0 Å². The van der Waals surface area contributed by atoms with Crippen LogP contribution < -0.4 is 5.32 Å². The van der Waals surface area contributed by atoms with E-state index in [0.29, 0.717) is 18.9 Å². The van der Waals surface area contributed by atoms with Crippen molar-refractivity contribution in [2.45, 2.75) is 44.6 Å². The quantitative estimate of drug-likeness (QED) is 0.885. The lowest BCUT2D eigenvalue weighted by molar-refractivity contribution is -0.121. The number of carbonyl (C=O) groups is 2. The maximum absolute atomic E-state index is 11.9. The summed E-state index contributed by atoms with van der Waals surface area (Å²) in [7, 11) is 0. The van der Waals surface area contributed by atoms with E-state index in [-0.39, 0.29) is 17.6 Å². The molecular weight excluding hydrogens is 226 g/mol.